The first kappa shape index (κ1) is 17.9. The third kappa shape index (κ3) is 6.11. The SMILES string of the molecule is CCC(C)(CNCC(C)C)CN1CCCC1CN(C)C. The summed E-state index contributed by atoms with van der Waals surface area (Å²) in [6.07, 6.45) is 4.00. The third-order valence-electron chi connectivity index (χ3n) is 4.62. The van der Waals surface area contributed by atoms with Crippen LogP contribution in [0.15, 0.2) is 0 Å². The van der Waals surface area contributed by atoms with Crippen LogP contribution in [0, 0.1) is 11.3 Å². The Morgan fingerprint density at radius 1 is 1.35 bits per heavy atom. The summed E-state index contributed by atoms with van der Waals surface area (Å²) < 4.78 is 0. The van der Waals surface area contributed by atoms with E-state index in [1.807, 2.05) is 0 Å². The summed E-state index contributed by atoms with van der Waals surface area (Å²) in [5, 5.41) is 3.67. The van der Waals surface area contributed by atoms with Crippen LogP contribution in [0.3, 0.4) is 0 Å². The molecule has 2 unspecified atom stereocenters. The Hall–Kier alpha value is -0.120. The fraction of sp³-hybridized carbons (Fsp3) is 1.00. The molecule has 1 aliphatic rings. The lowest BCUT2D eigenvalue weighted by Crippen LogP contribution is -2.46. The molecule has 20 heavy (non-hydrogen) atoms. The van der Waals surface area contributed by atoms with Gasteiger partial charge < -0.3 is 10.2 Å². The first-order valence-corrected chi connectivity index (χ1v) is 8.46. The number of likely N-dealkylation sites (tertiary alicyclic amines) is 1. The molecule has 0 saturated carbocycles. The van der Waals surface area contributed by atoms with E-state index in [1.54, 1.807) is 0 Å². The van der Waals surface area contributed by atoms with Gasteiger partial charge >= 0.3 is 0 Å². The van der Waals surface area contributed by atoms with Gasteiger partial charge in [-0.05, 0) is 57.8 Å². The van der Waals surface area contributed by atoms with Gasteiger partial charge in [0.2, 0.25) is 0 Å². The molecule has 0 aromatic heterocycles. The van der Waals surface area contributed by atoms with Gasteiger partial charge in [0.15, 0.2) is 0 Å². The molecule has 0 aliphatic carbocycles. The van der Waals surface area contributed by atoms with E-state index < -0.39 is 0 Å². The summed E-state index contributed by atoms with van der Waals surface area (Å²) in [5.41, 5.74) is 0.407. The Balaban J connectivity index is 2.48. The molecule has 0 amide bonds. The molecular formula is C17H37N3. The average Bonchev–Trinajstić information content (AvgIpc) is 2.75. The molecule has 3 nitrogen and oxygen atoms in total. The van der Waals surface area contributed by atoms with Crippen LogP contribution < -0.4 is 5.32 Å². The number of nitrogens with one attached hydrogen (secondary N) is 1. The lowest BCUT2D eigenvalue weighted by Gasteiger charge is -2.37. The van der Waals surface area contributed by atoms with Crippen LogP contribution in [0.25, 0.3) is 0 Å². The topological polar surface area (TPSA) is 18.5 Å². The first-order valence-electron chi connectivity index (χ1n) is 8.46. The third-order valence-corrected chi connectivity index (χ3v) is 4.62. The number of hydrogen-bond donors (Lipinski definition) is 1. The van der Waals surface area contributed by atoms with Gasteiger partial charge in [-0.3, -0.25) is 4.90 Å². The van der Waals surface area contributed by atoms with Gasteiger partial charge in [-0.1, -0.05) is 27.7 Å². The molecule has 0 bridgehead atoms. The standard InChI is InChI=1S/C17H37N3/c1-7-17(4,13-18-11-15(2)3)14-20-10-8-9-16(20)12-19(5)6/h15-16,18H,7-14H2,1-6H3. The van der Waals surface area contributed by atoms with Crippen LogP contribution in [-0.2, 0) is 0 Å². The van der Waals surface area contributed by atoms with E-state index in [4.69, 9.17) is 0 Å². The minimum absolute atomic E-state index is 0.407. The van der Waals surface area contributed by atoms with Crippen molar-refractivity contribution in [3.05, 3.63) is 0 Å². The van der Waals surface area contributed by atoms with Crippen molar-refractivity contribution in [2.75, 3.05) is 46.8 Å². The zero-order valence-corrected chi connectivity index (χ0v) is 14.7. The smallest absolute Gasteiger partial charge is 0.0223 e. The Labute approximate surface area is 127 Å². The quantitative estimate of drug-likeness (QED) is 0.702. The van der Waals surface area contributed by atoms with Gasteiger partial charge in [-0.15, -0.1) is 0 Å². The fourth-order valence-corrected chi connectivity index (χ4v) is 3.18. The molecule has 0 aromatic rings. The van der Waals surface area contributed by atoms with Crippen molar-refractivity contribution in [3.8, 4) is 0 Å². The summed E-state index contributed by atoms with van der Waals surface area (Å²) in [5.74, 6) is 0.740. The summed E-state index contributed by atoms with van der Waals surface area (Å²) in [6.45, 7) is 15.4. The van der Waals surface area contributed by atoms with Crippen LogP contribution in [-0.4, -0.2) is 62.7 Å². The number of likely N-dealkylation sites (N-methyl/N-ethyl adjacent to an activating group) is 1. The van der Waals surface area contributed by atoms with E-state index >= 15 is 0 Å². The zero-order chi connectivity index (χ0) is 15.2. The highest BCUT2D eigenvalue weighted by molar-refractivity contribution is 4.87. The molecular weight excluding hydrogens is 246 g/mol. The van der Waals surface area contributed by atoms with Crippen molar-refractivity contribution in [1.29, 1.82) is 0 Å². The lowest BCUT2D eigenvalue weighted by molar-refractivity contribution is 0.128. The van der Waals surface area contributed by atoms with Gasteiger partial charge in [0.1, 0.15) is 0 Å². The summed E-state index contributed by atoms with van der Waals surface area (Å²) in [4.78, 5) is 5.07. The summed E-state index contributed by atoms with van der Waals surface area (Å²) in [6, 6.07) is 0.765. The van der Waals surface area contributed by atoms with Gasteiger partial charge in [0, 0.05) is 25.7 Å². The molecule has 3 heteroatoms. The minimum Gasteiger partial charge on any atom is -0.316 e. The largest absolute Gasteiger partial charge is 0.316 e. The monoisotopic (exact) mass is 283 g/mol. The maximum atomic E-state index is 3.67. The maximum Gasteiger partial charge on any atom is 0.0223 e. The molecule has 1 saturated heterocycles. The van der Waals surface area contributed by atoms with Gasteiger partial charge in [0.05, 0.1) is 0 Å². The molecule has 1 N–H and O–H groups in total. The summed E-state index contributed by atoms with van der Waals surface area (Å²) >= 11 is 0. The normalized spacial score (nSPS) is 23.7. The van der Waals surface area contributed by atoms with Crippen LogP contribution in [0.2, 0.25) is 0 Å². The molecule has 0 radical (unpaired) electrons. The molecule has 0 aromatic carbocycles. The highest BCUT2D eigenvalue weighted by atomic mass is 15.2. The second-order valence-corrected chi connectivity index (χ2v) is 7.72. The van der Waals surface area contributed by atoms with Crippen molar-refractivity contribution in [2.24, 2.45) is 11.3 Å². The zero-order valence-electron chi connectivity index (χ0n) is 14.7. The van der Waals surface area contributed by atoms with Crippen LogP contribution in [0.5, 0.6) is 0 Å². The second-order valence-electron chi connectivity index (χ2n) is 7.72. The predicted molar refractivity (Wildman–Crippen MR) is 89.3 cm³/mol. The Morgan fingerprint density at radius 2 is 2.05 bits per heavy atom. The molecule has 0 spiro atoms. The van der Waals surface area contributed by atoms with E-state index in [9.17, 15) is 0 Å². The highest BCUT2D eigenvalue weighted by Gasteiger charge is 2.31. The van der Waals surface area contributed by atoms with E-state index in [1.165, 1.54) is 38.9 Å². The fourth-order valence-electron chi connectivity index (χ4n) is 3.18. The first-order chi connectivity index (χ1) is 9.36. The number of hydrogen-bond acceptors (Lipinski definition) is 3. The lowest BCUT2D eigenvalue weighted by atomic mass is 9.86. The molecule has 1 aliphatic heterocycles. The number of nitrogens with zero attached hydrogens (tertiary/aromatic N) is 2. The van der Waals surface area contributed by atoms with E-state index in [-0.39, 0.29) is 0 Å². The Kier molecular flexibility index (Phi) is 7.49. The van der Waals surface area contributed by atoms with Crippen molar-refractivity contribution >= 4 is 0 Å². The van der Waals surface area contributed by atoms with Crippen molar-refractivity contribution in [3.63, 3.8) is 0 Å². The van der Waals surface area contributed by atoms with Gasteiger partial charge in [-0.2, -0.15) is 0 Å². The van der Waals surface area contributed by atoms with Crippen molar-refractivity contribution in [2.45, 2.75) is 53.0 Å². The molecule has 1 fully saturated rings. The predicted octanol–water partition coefficient (Wildman–Crippen LogP) is 2.67. The van der Waals surface area contributed by atoms with Gasteiger partial charge in [-0.25, -0.2) is 0 Å². The second kappa shape index (κ2) is 8.35. The van der Waals surface area contributed by atoms with Crippen LogP contribution >= 0.6 is 0 Å². The van der Waals surface area contributed by atoms with Gasteiger partial charge in [0.25, 0.3) is 0 Å². The highest BCUT2D eigenvalue weighted by Crippen LogP contribution is 2.27. The molecule has 2 atom stereocenters. The maximum absolute atomic E-state index is 3.67. The average molecular weight is 284 g/mol. The van der Waals surface area contributed by atoms with E-state index in [2.05, 4.69) is 56.9 Å². The summed E-state index contributed by atoms with van der Waals surface area (Å²) in [7, 11) is 4.39. The number of rotatable bonds is 9. The van der Waals surface area contributed by atoms with Crippen LogP contribution in [0.4, 0.5) is 0 Å². The Bertz CT molecular complexity index is 265. The van der Waals surface area contributed by atoms with E-state index in [0.29, 0.717) is 5.41 Å². The Morgan fingerprint density at radius 3 is 2.60 bits per heavy atom. The molecule has 1 rings (SSSR count). The van der Waals surface area contributed by atoms with Crippen LogP contribution in [0.1, 0.15) is 47.0 Å². The van der Waals surface area contributed by atoms with Crippen molar-refractivity contribution in [1.82, 2.24) is 15.1 Å². The minimum atomic E-state index is 0.407. The molecule has 120 valence electrons. The van der Waals surface area contributed by atoms with E-state index in [0.717, 1.165) is 25.0 Å². The molecule has 1 heterocycles. The van der Waals surface area contributed by atoms with Crippen molar-refractivity contribution < 1.29 is 0 Å².